The number of nitro groups is 1. The van der Waals surface area contributed by atoms with Crippen LogP contribution in [0.2, 0.25) is 0 Å². The molecule has 0 radical (unpaired) electrons. The number of likely N-dealkylation sites (tertiary alicyclic amines) is 1. The van der Waals surface area contributed by atoms with Gasteiger partial charge < -0.3 is 10.4 Å². The number of hydrogen-bond acceptors (Lipinski definition) is 6. The second-order valence-corrected chi connectivity index (χ2v) is 9.01. The van der Waals surface area contributed by atoms with Gasteiger partial charge in [0, 0.05) is 37.3 Å². The summed E-state index contributed by atoms with van der Waals surface area (Å²) >= 11 is 0. The summed E-state index contributed by atoms with van der Waals surface area (Å²) in [5, 5.41) is 25.5. The maximum Gasteiger partial charge on any atom is 0.313 e. The number of benzene rings is 2. The number of nitrogens with one attached hydrogen (secondary N) is 1. The number of piperidine rings is 1. The van der Waals surface area contributed by atoms with E-state index in [4.69, 9.17) is 0 Å². The summed E-state index contributed by atoms with van der Waals surface area (Å²) in [5.74, 6) is 0.122. The molecule has 2 N–H and O–H groups in total. The minimum absolute atomic E-state index is 0.0302. The van der Waals surface area contributed by atoms with E-state index >= 15 is 0 Å². The van der Waals surface area contributed by atoms with Gasteiger partial charge in [0.05, 0.1) is 11.0 Å². The Morgan fingerprint density at radius 2 is 1.74 bits per heavy atom. The quantitative estimate of drug-likeness (QED) is 0.375. The van der Waals surface area contributed by atoms with Crippen molar-refractivity contribution in [2.24, 2.45) is 0 Å². The van der Waals surface area contributed by atoms with Crippen LogP contribution in [0.5, 0.6) is 0 Å². The van der Waals surface area contributed by atoms with Crippen LogP contribution >= 0.6 is 0 Å². The van der Waals surface area contributed by atoms with Crippen molar-refractivity contribution in [2.75, 3.05) is 25.0 Å². The van der Waals surface area contributed by atoms with E-state index in [1.165, 1.54) is 11.1 Å². The minimum atomic E-state index is -0.370. The maximum atomic E-state index is 11.6. The molecule has 0 amide bonds. The fourth-order valence-electron chi connectivity index (χ4n) is 5.13. The van der Waals surface area contributed by atoms with E-state index in [9.17, 15) is 15.2 Å². The smallest absolute Gasteiger partial charge is 0.313 e. The van der Waals surface area contributed by atoms with Crippen LogP contribution in [0.25, 0.3) is 0 Å². The summed E-state index contributed by atoms with van der Waals surface area (Å²) in [6.07, 6.45) is 1.07. The molecular weight excluding hydrogens is 428 g/mol. The molecule has 1 saturated heterocycles. The molecule has 178 valence electrons. The Bertz CT molecular complexity index is 1070. The lowest BCUT2D eigenvalue weighted by molar-refractivity contribution is -0.384. The van der Waals surface area contributed by atoms with E-state index in [0.29, 0.717) is 30.9 Å². The minimum Gasteiger partial charge on any atom is -0.393 e. The average molecular weight is 461 g/mol. The van der Waals surface area contributed by atoms with Crippen LogP contribution in [0.4, 0.5) is 11.4 Å². The van der Waals surface area contributed by atoms with Crippen LogP contribution in [0.3, 0.4) is 0 Å². The van der Waals surface area contributed by atoms with Crippen LogP contribution in [0.1, 0.15) is 41.3 Å². The molecule has 2 unspecified atom stereocenters. The molecule has 1 aliphatic heterocycles. The van der Waals surface area contributed by atoms with Crippen LogP contribution in [-0.2, 0) is 0 Å². The third kappa shape index (κ3) is 5.43. The van der Waals surface area contributed by atoms with Crippen LogP contribution in [-0.4, -0.2) is 51.7 Å². The Labute approximate surface area is 200 Å². The zero-order chi connectivity index (χ0) is 24.1. The maximum absolute atomic E-state index is 11.6. The van der Waals surface area contributed by atoms with Gasteiger partial charge in [0.2, 0.25) is 0 Å². The zero-order valence-electron chi connectivity index (χ0n) is 19.7. The third-order valence-electron chi connectivity index (χ3n) is 6.63. The summed E-state index contributed by atoms with van der Waals surface area (Å²) in [6.45, 7) is 5.56. The first-order chi connectivity index (χ1) is 16.4. The lowest BCUT2D eigenvalue weighted by atomic mass is 9.80. The summed E-state index contributed by atoms with van der Waals surface area (Å²) in [4.78, 5) is 17.9. The lowest BCUT2D eigenvalue weighted by Crippen LogP contribution is -2.49. The third-order valence-corrected chi connectivity index (χ3v) is 6.63. The van der Waals surface area contributed by atoms with Gasteiger partial charge in [-0.25, -0.2) is 0 Å². The number of aromatic nitrogens is 1. The average Bonchev–Trinajstić information content (AvgIpc) is 2.81. The monoisotopic (exact) mass is 460 g/mol. The SMILES string of the molecule is Cc1cc(NCCN2CCC(O)CC2C(c2ccccc2)c2ccccc2)c([N+](=O)[O-])c(C)n1. The summed E-state index contributed by atoms with van der Waals surface area (Å²) in [6, 6.07) is 22.7. The van der Waals surface area contributed by atoms with Gasteiger partial charge in [-0.15, -0.1) is 0 Å². The standard InChI is InChI=1S/C27H32N4O3/c1-19-17-24(27(31(33)34)20(2)29-19)28-14-16-30-15-13-23(32)18-25(30)26(21-9-5-3-6-10-21)22-11-7-4-8-12-22/h3-12,17,23,25-26,32H,13-16,18H2,1-2H3,(H,28,29). The summed E-state index contributed by atoms with van der Waals surface area (Å²) < 4.78 is 0. The molecule has 1 aliphatic rings. The van der Waals surface area contributed by atoms with Crippen LogP contribution in [0.15, 0.2) is 66.7 Å². The number of aliphatic hydroxyl groups excluding tert-OH is 1. The number of aryl methyl sites for hydroxylation is 2. The molecule has 0 spiro atoms. The van der Waals surface area contributed by atoms with Gasteiger partial charge in [-0.2, -0.15) is 0 Å². The van der Waals surface area contributed by atoms with Gasteiger partial charge in [0.15, 0.2) is 0 Å². The van der Waals surface area contributed by atoms with E-state index in [2.05, 4.69) is 63.7 Å². The molecule has 2 heterocycles. The fourth-order valence-corrected chi connectivity index (χ4v) is 5.13. The number of nitrogens with zero attached hydrogens (tertiary/aromatic N) is 3. The van der Waals surface area contributed by atoms with E-state index in [-0.39, 0.29) is 28.7 Å². The van der Waals surface area contributed by atoms with E-state index in [0.717, 1.165) is 18.7 Å². The number of aliphatic hydroxyl groups is 1. The molecule has 1 fully saturated rings. The van der Waals surface area contributed by atoms with Gasteiger partial charge >= 0.3 is 5.69 Å². The molecule has 2 aromatic carbocycles. The van der Waals surface area contributed by atoms with E-state index in [1.807, 2.05) is 19.1 Å². The zero-order valence-corrected chi connectivity index (χ0v) is 19.7. The topological polar surface area (TPSA) is 91.5 Å². The Hall–Kier alpha value is -3.29. The van der Waals surface area contributed by atoms with Crippen molar-refractivity contribution in [2.45, 2.75) is 44.8 Å². The first kappa shape index (κ1) is 23.9. The second-order valence-electron chi connectivity index (χ2n) is 9.01. The lowest BCUT2D eigenvalue weighted by Gasteiger charge is -2.42. The molecule has 7 heteroatoms. The molecule has 2 atom stereocenters. The summed E-state index contributed by atoms with van der Waals surface area (Å²) in [7, 11) is 0. The van der Waals surface area contributed by atoms with Gasteiger partial charge in [-0.1, -0.05) is 60.7 Å². The first-order valence-electron chi connectivity index (χ1n) is 11.8. The molecule has 1 aromatic heterocycles. The Morgan fingerprint density at radius 3 is 2.32 bits per heavy atom. The molecular formula is C27H32N4O3. The van der Waals surface area contributed by atoms with Crippen molar-refractivity contribution in [1.29, 1.82) is 0 Å². The van der Waals surface area contributed by atoms with Crippen molar-refractivity contribution in [1.82, 2.24) is 9.88 Å². The van der Waals surface area contributed by atoms with E-state index in [1.54, 1.807) is 13.0 Å². The van der Waals surface area contributed by atoms with Crippen LogP contribution < -0.4 is 5.32 Å². The molecule has 3 aromatic rings. The molecule has 0 aliphatic carbocycles. The highest BCUT2D eigenvalue weighted by Crippen LogP contribution is 2.36. The van der Waals surface area contributed by atoms with Crippen molar-refractivity contribution in [3.8, 4) is 0 Å². The number of pyridine rings is 1. The molecule has 4 rings (SSSR count). The molecule has 7 nitrogen and oxygen atoms in total. The predicted octanol–water partition coefficient (Wildman–Crippen LogP) is 4.68. The van der Waals surface area contributed by atoms with Crippen molar-refractivity contribution >= 4 is 11.4 Å². The van der Waals surface area contributed by atoms with Crippen molar-refractivity contribution in [3.05, 3.63) is 99.4 Å². The highest BCUT2D eigenvalue weighted by atomic mass is 16.6. The largest absolute Gasteiger partial charge is 0.393 e. The highest BCUT2D eigenvalue weighted by molar-refractivity contribution is 5.64. The second kappa shape index (κ2) is 10.8. The fraction of sp³-hybridized carbons (Fsp3) is 0.370. The van der Waals surface area contributed by atoms with Gasteiger partial charge in [-0.05, 0) is 43.9 Å². The van der Waals surface area contributed by atoms with Gasteiger partial charge in [-0.3, -0.25) is 20.0 Å². The van der Waals surface area contributed by atoms with E-state index < -0.39 is 0 Å². The van der Waals surface area contributed by atoms with Gasteiger partial charge in [0.1, 0.15) is 11.4 Å². The Balaban J connectivity index is 1.57. The molecule has 34 heavy (non-hydrogen) atoms. The number of rotatable bonds is 8. The highest BCUT2D eigenvalue weighted by Gasteiger charge is 2.35. The summed E-state index contributed by atoms with van der Waals surface area (Å²) in [5.41, 5.74) is 4.15. The number of hydrogen-bond donors (Lipinski definition) is 2. The van der Waals surface area contributed by atoms with Gasteiger partial charge in [0.25, 0.3) is 0 Å². The van der Waals surface area contributed by atoms with Crippen molar-refractivity contribution < 1.29 is 10.0 Å². The predicted molar refractivity (Wildman–Crippen MR) is 134 cm³/mol. The van der Waals surface area contributed by atoms with Crippen LogP contribution in [0, 0.1) is 24.0 Å². The Kier molecular flexibility index (Phi) is 7.55. The number of anilines is 1. The molecule has 0 saturated carbocycles. The first-order valence-corrected chi connectivity index (χ1v) is 11.8. The van der Waals surface area contributed by atoms with Crippen molar-refractivity contribution in [3.63, 3.8) is 0 Å². The Morgan fingerprint density at radius 1 is 1.12 bits per heavy atom. The molecule has 0 bridgehead atoms. The normalized spacial score (nSPS) is 18.7.